The quantitative estimate of drug-likeness (QED) is 0.494. The van der Waals surface area contributed by atoms with Crippen LogP contribution in [0.1, 0.15) is 0 Å². The molecule has 0 bridgehead atoms. The maximum Gasteiger partial charge on any atom is 0.238 e. The number of amides is 1. The highest BCUT2D eigenvalue weighted by atomic mass is 35.5. The van der Waals surface area contributed by atoms with Crippen molar-refractivity contribution in [2.24, 2.45) is 0 Å². The molecule has 78 valence electrons. The average molecular weight is 218 g/mol. The molecule has 0 radical (unpaired) electrons. The topological polar surface area (TPSA) is 38.8 Å². The molecule has 0 N–H and O–H groups in total. The van der Waals surface area contributed by atoms with E-state index in [2.05, 4.69) is 5.92 Å². The van der Waals surface area contributed by atoms with Crippen LogP contribution < -0.4 is 0 Å². The molecule has 5 heteroatoms. The average Bonchev–Trinajstić information content (AvgIpc) is 2.68. The van der Waals surface area contributed by atoms with Gasteiger partial charge >= 0.3 is 0 Å². The van der Waals surface area contributed by atoms with Gasteiger partial charge in [0.2, 0.25) is 5.91 Å². The van der Waals surface area contributed by atoms with Crippen LogP contribution in [0, 0.1) is 12.3 Å². The van der Waals surface area contributed by atoms with E-state index in [4.69, 9.17) is 27.5 Å². The summed E-state index contributed by atoms with van der Waals surface area (Å²) >= 11 is 5.43. The largest absolute Gasteiger partial charge is 0.348 e. The molecular formula is C9H12ClNO3. The molecule has 0 aliphatic carbocycles. The number of carbonyl (C=O) groups is 1. The fourth-order valence-electron chi connectivity index (χ4n) is 1.14. The van der Waals surface area contributed by atoms with Gasteiger partial charge in [0, 0.05) is 0 Å². The maximum atomic E-state index is 11.3. The third-order valence-corrected chi connectivity index (χ3v) is 2.04. The number of alkyl halides is 1. The molecule has 0 saturated carbocycles. The van der Waals surface area contributed by atoms with E-state index in [9.17, 15) is 4.79 Å². The minimum absolute atomic E-state index is 0.0750. The Morgan fingerprint density at radius 2 is 2.21 bits per heavy atom. The van der Waals surface area contributed by atoms with Gasteiger partial charge in [-0.05, 0) is 0 Å². The van der Waals surface area contributed by atoms with Crippen LogP contribution in [0.15, 0.2) is 0 Å². The Labute approximate surface area is 88.1 Å². The summed E-state index contributed by atoms with van der Waals surface area (Å²) in [7, 11) is 0. The van der Waals surface area contributed by atoms with Gasteiger partial charge in [0.25, 0.3) is 0 Å². The number of terminal acetylenes is 1. The smallest absolute Gasteiger partial charge is 0.238 e. The molecule has 1 heterocycles. The standard InChI is InChI=1S/C9H12ClNO3/c1-2-3-11(8(12)6-10)7-9-13-4-5-14-9/h1,9H,3-7H2. The Morgan fingerprint density at radius 3 is 2.71 bits per heavy atom. The van der Waals surface area contributed by atoms with Crippen molar-refractivity contribution < 1.29 is 14.3 Å². The fraction of sp³-hybridized carbons (Fsp3) is 0.667. The number of halogens is 1. The second-order valence-corrected chi connectivity index (χ2v) is 3.05. The van der Waals surface area contributed by atoms with Crippen LogP contribution >= 0.6 is 11.6 Å². The van der Waals surface area contributed by atoms with Crippen molar-refractivity contribution in [1.82, 2.24) is 4.90 Å². The van der Waals surface area contributed by atoms with E-state index in [1.165, 1.54) is 4.90 Å². The zero-order valence-electron chi connectivity index (χ0n) is 7.74. The molecular weight excluding hydrogens is 206 g/mol. The van der Waals surface area contributed by atoms with Crippen molar-refractivity contribution in [3.8, 4) is 12.3 Å². The Balaban J connectivity index is 2.42. The van der Waals surface area contributed by atoms with Crippen molar-refractivity contribution >= 4 is 17.5 Å². The molecule has 0 aromatic carbocycles. The van der Waals surface area contributed by atoms with Gasteiger partial charge in [-0.15, -0.1) is 18.0 Å². The number of carbonyl (C=O) groups excluding carboxylic acids is 1. The van der Waals surface area contributed by atoms with Crippen molar-refractivity contribution in [3.05, 3.63) is 0 Å². The summed E-state index contributed by atoms with van der Waals surface area (Å²) in [5.74, 6) is 2.11. The highest BCUT2D eigenvalue weighted by Crippen LogP contribution is 2.06. The van der Waals surface area contributed by atoms with E-state index < -0.39 is 0 Å². The van der Waals surface area contributed by atoms with Gasteiger partial charge in [-0.3, -0.25) is 4.79 Å². The lowest BCUT2D eigenvalue weighted by molar-refractivity contribution is -0.133. The summed E-state index contributed by atoms with van der Waals surface area (Å²) in [5, 5.41) is 0. The van der Waals surface area contributed by atoms with E-state index in [-0.39, 0.29) is 24.6 Å². The Kier molecular flexibility index (Phi) is 4.74. The minimum atomic E-state index is -0.365. The fourth-order valence-corrected chi connectivity index (χ4v) is 1.31. The summed E-state index contributed by atoms with van der Waals surface area (Å²) in [6.45, 7) is 1.69. The first-order valence-electron chi connectivity index (χ1n) is 4.28. The molecule has 1 amide bonds. The lowest BCUT2D eigenvalue weighted by atomic mass is 10.4. The molecule has 1 aliphatic rings. The van der Waals surface area contributed by atoms with Gasteiger partial charge in [0.1, 0.15) is 5.88 Å². The van der Waals surface area contributed by atoms with Crippen LogP contribution in [0.25, 0.3) is 0 Å². The first kappa shape index (κ1) is 11.3. The summed E-state index contributed by atoms with van der Waals surface area (Å²) in [6, 6.07) is 0. The van der Waals surface area contributed by atoms with Crippen molar-refractivity contribution in [1.29, 1.82) is 0 Å². The minimum Gasteiger partial charge on any atom is -0.348 e. The molecule has 0 unspecified atom stereocenters. The van der Waals surface area contributed by atoms with Crippen molar-refractivity contribution in [2.75, 3.05) is 32.2 Å². The second kappa shape index (κ2) is 5.86. The Bertz CT molecular complexity index is 233. The first-order chi connectivity index (χ1) is 6.77. The summed E-state index contributed by atoms with van der Waals surface area (Å²) < 4.78 is 10.4. The number of nitrogens with zero attached hydrogens (tertiary/aromatic N) is 1. The van der Waals surface area contributed by atoms with Gasteiger partial charge < -0.3 is 14.4 Å². The van der Waals surface area contributed by atoms with Gasteiger partial charge in [0.15, 0.2) is 6.29 Å². The Hall–Kier alpha value is -0.760. The highest BCUT2D eigenvalue weighted by Gasteiger charge is 2.21. The lowest BCUT2D eigenvalue weighted by Crippen LogP contribution is -2.38. The summed E-state index contributed by atoms with van der Waals surface area (Å²) in [4.78, 5) is 12.7. The van der Waals surface area contributed by atoms with Gasteiger partial charge in [-0.1, -0.05) is 5.92 Å². The molecule has 1 aliphatic heterocycles. The van der Waals surface area contributed by atoms with Crippen LogP contribution in [0.3, 0.4) is 0 Å². The predicted molar refractivity (Wildman–Crippen MR) is 51.8 cm³/mol. The molecule has 0 aromatic rings. The predicted octanol–water partition coefficient (Wildman–Crippen LogP) is 0.0599. The van der Waals surface area contributed by atoms with E-state index >= 15 is 0 Å². The normalized spacial score (nSPS) is 16.6. The first-order valence-corrected chi connectivity index (χ1v) is 4.81. The second-order valence-electron chi connectivity index (χ2n) is 2.78. The van der Waals surface area contributed by atoms with Gasteiger partial charge in [-0.2, -0.15) is 0 Å². The zero-order chi connectivity index (χ0) is 10.4. The monoisotopic (exact) mass is 217 g/mol. The number of hydrogen-bond donors (Lipinski definition) is 0. The molecule has 14 heavy (non-hydrogen) atoms. The van der Waals surface area contributed by atoms with Gasteiger partial charge in [-0.25, -0.2) is 0 Å². The molecule has 1 fully saturated rings. The highest BCUT2D eigenvalue weighted by molar-refractivity contribution is 6.27. The van der Waals surface area contributed by atoms with E-state index in [0.29, 0.717) is 19.8 Å². The van der Waals surface area contributed by atoms with Crippen molar-refractivity contribution in [2.45, 2.75) is 6.29 Å². The van der Waals surface area contributed by atoms with Crippen LogP contribution in [0.4, 0.5) is 0 Å². The lowest BCUT2D eigenvalue weighted by Gasteiger charge is -2.21. The molecule has 0 aromatic heterocycles. The Morgan fingerprint density at radius 1 is 1.57 bits per heavy atom. The molecule has 0 spiro atoms. The van der Waals surface area contributed by atoms with Crippen LogP contribution in [-0.2, 0) is 14.3 Å². The number of hydrogen-bond acceptors (Lipinski definition) is 3. The van der Waals surface area contributed by atoms with Gasteiger partial charge in [0.05, 0.1) is 26.3 Å². The third kappa shape index (κ3) is 3.18. The molecule has 0 atom stereocenters. The maximum absolute atomic E-state index is 11.3. The summed E-state index contributed by atoms with van der Waals surface area (Å²) in [6.07, 6.45) is 4.76. The summed E-state index contributed by atoms with van der Waals surface area (Å²) in [5.41, 5.74) is 0. The third-order valence-electron chi connectivity index (χ3n) is 1.81. The van der Waals surface area contributed by atoms with E-state index in [1.54, 1.807) is 0 Å². The van der Waals surface area contributed by atoms with Crippen LogP contribution in [0.5, 0.6) is 0 Å². The molecule has 1 saturated heterocycles. The van der Waals surface area contributed by atoms with Crippen molar-refractivity contribution in [3.63, 3.8) is 0 Å². The van der Waals surface area contributed by atoms with E-state index in [0.717, 1.165) is 0 Å². The number of rotatable bonds is 4. The SMILES string of the molecule is C#CCN(CC1OCCO1)C(=O)CCl. The molecule has 4 nitrogen and oxygen atoms in total. The van der Waals surface area contributed by atoms with E-state index in [1.807, 2.05) is 0 Å². The van der Waals surface area contributed by atoms with Crippen LogP contribution in [0.2, 0.25) is 0 Å². The number of ether oxygens (including phenoxy) is 2. The van der Waals surface area contributed by atoms with Crippen LogP contribution in [-0.4, -0.2) is 49.3 Å². The molecule has 1 rings (SSSR count). The zero-order valence-corrected chi connectivity index (χ0v) is 8.50.